The molecule has 0 aromatic heterocycles. The number of carbonyl (C=O) groups is 1. The van der Waals surface area contributed by atoms with Gasteiger partial charge in [-0.1, -0.05) is 6.07 Å². The SMILES string of the molecule is COc1cccc(OCC2CN(C(=O)OC(C)(C)C)C2)c1. The fourth-order valence-electron chi connectivity index (χ4n) is 2.06. The van der Waals surface area contributed by atoms with Gasteiger partial charge in [0.2, 0.25) is 0 Å². The highest BCUT2D eigenvalue weighted by Gasteiger charge is 2.33. The van der Waals surface area contributed by atoms with Gasteiger partial charge in [0.25, 0.3) is 0 Å². The Kier molecular flexibility index (Phi) is 4.60. The average Bonchev–Trinajstić information content (AvgIpc) is 2.35. The maximum Gasteiger partial charge on any atom is 0.410 e. The van der Waals surface area contributed by atoms with Crippen molar-refractivity contribution < 1.29 is 19.0 Å². The molecule has 1 aromatic rings. The highest BCUT2D eigenvalue weighted by Crippen LogP contribution is 2.23. The van der Waals surface area contributed by atoms with Crippen molar-refractivity contribution in [1.29, 1.82) is 0 Å². The zero-order valence-corrected chi connectivity index (χ0v) is 13.1. The van der Waals surface area contributed by atoms with Gasteiger partial charge < -0.3 is 19.1 Å². The summed E-state index contributed by atoms with van der Waals surface area (Å²) >= 11 is 0. The number of methoxy groups -OCH3 is 1. The number of hydrogen-bond donors (Lipinski definition) is 0. The lowest BCUT2D eigenvalue weighted by Gasteiger charge is -2.39. The van der Waals surface area contributed by atoms with Crippen LogP contribution in [-0.2, 0) is 4.74 Å². The first-order chi connectivity index (χ1) is 9.87. The summed E-state index contributed by atoms with van der Waals surface area (Å²) in [5.41, 5.74) is -0.445. The van der Waals surface area contributed by atoms with Crippen molar-refractivity contribution in [3.8, 4) is 11.5 Å². The van der Waals surface area contributed by atoms with E-state index >= 15 is 0 Å². The van der Waals surface area contributed by atoms with Crippen molar-refractivity contribution in [2.24, 2.45) is 5.92 Å². The fraction of sp³-hybridized carbons (Fsp3) is 0.562. The monoisotopic (exact) mass is 293 g/mol. The molecule has 1 aliphatic rings. The van der Waals surface area contributed by atoms with Crippen LogP contribution in [-0.4, -0.2) is 43.4 Å². The van der Waals surface area contributed by atoms with Gasteiger partial charge >= 0.3 is 6.09 Å². The summed E-state index contributed by atoms with van der Waals surface area (Å²) in [5, 5.41) is 0. The van der Waals surface area contributed by atoms with Crippen LogP contribution < -0.4 is 9.47 Å². The van der Waals surface area contributed by atoms with Crippen LogP contribution in [0.25, 0.3) is 0 Å². The maximum atomic E-state index is 11.8. The predicted octanol–water partition coefficient (Wildman–Crippen LogP) is 2.94. The maximum absolute atomic E-state index is 11.8. The molecule has 1 aromatic carbocycles. The Morgan fingerprint density at radius 2 is 1.95 bits per heavy atom. The quantitative estimate of drug-likeness (QED) is 0.856. The van der Waals surface area contributed by atoms with Crippen molar-refractivity contribution in [1.82, 2.24) is 4.90 Å². The van der Waals surface area contributed by atoms with Crippen molar-refractivity contribution in [2.75, 3.05) is 26.8 Å². The van der Waals surface area contributed by atoms with Crippen LogP contribution in [0.3, 0.4) is 0 Å². The third-order valence-electron chi connectivity index (χ3n) is 3.14. The van der Waals surface area contributed by atoms with E-state index in [1.807, 2.05) is 45.0 Å². The minimum Gasteiger partial charge on any atom is -0.497 e. The Morgan fingerprint density at radius 1 is 1.29 bits per heavy atom. The van der Waals surface area contributed by atoms with Gasteiger partial charge in [0.15, 0.2) is 0 Å². The molecular weight excluding hydrogens is 270 g/mol. The Morgan fingerprint density at radius 3 is 2.57 bits per heavy atom. The van der Waals surface area contributed by atoms with Crippen LogP contribution in [0, 0.1) is 5.92 Å². The first-order valence-electron chi connectivity index (χ1n) is 7.12. The Balaban J connectivity index is 1.72. The number of carbonyl (C=O) groups excluding carboxylic acids is 1. The molecule has 0 saturated carbocycles. The summed E-state index contributed by atoms with van der Waals surface area (Å²) in [6, 6.07) is 7.51. The molecule has 116 valence electrons. The minimum atomic E-state index is -0.445. The Bertz CT molecular complexity index is 489. The Hall–Kier alpha value is -1.91. The van der Waals surface area contributed by atoms with Crippen LogP contribution in [0.2, 0.25) is 0 Å². The van der Waals surface area contributed by atoms with Crippen molar-refractivity contribution in [3.05, 3.63) is 24.3 Å². The van der Waals surface area contributed by atoms with Gasteiger partial charge in [-0.3, -0.25) is 0 Å². The molecule has 0 bridgehead atoms. The number of likely N-dealkylation sites (tertiary alicyclic amines) is 1. The molecule has 0 atom stereocenters. The molecule has 1 saturated heterocycles. The molecular formula is C16H23NO4. The van der Waals surface area contributed by atoms with E-state index in [0.29, 0.717) is 25.6 Å². The first kappa shape index (κ1) is 15.5. The van der Waals surface area contributed by atoms with Crippen LogP contribution in [0.15, 0.2) is 24.3 Å². The molecule has 5 nitrogen and oxygen atoms in total. The number of benzene rings is 1. The lowest BCUT2D eigenvalue weighted by Crippen LogP contribution is -2.53. The van der Waals surface area contributed by atoms with Gasteiger partial charge in [-0.15, -0.1) is 0 Å². The van der Waals surface area contributed by atoms with Gasteiger partial charge in [0, 0.05) is 25.1 Å². The van der Waals surface area contributed by atoms with Gasteiger partial charge in [-0.25, -0.2) is 4.79 Å². The number of amides is 1. The summed E-state index contributed by atoms with van der Waals surface area (Å²) in [6.07, 6.45) is -0.250. The molecule has 5 heteroatoms. The van der Waals surface area contributed by atoms with E-state index in [0.717, 1.165) is 11.5 Å². The summed E-state index contributed by atoms with van der Waals surface area (Å²) in [4.78, 5) is 13.5. The molecule has 0 radical (unpaired) electrons. The van der Waals surface area contributed by atoms with Crippen molar-refractivity contribution in [2.45, 2.75) is 26.4 Å². The molecule has 2 rings (SSSR count). The van der Waals surface area contributed by atoms with Crippen LogP contribution in [0.4, 0.5) is 4.79 Å². The molecule has 1 amide bonds. The standard InChI is InChI=1S/C16H23NO4/c1-16(2,3)21-15(18)17-9-12(10-17)11-20-14-7-5-6-13(8-14)19-4/h5-8,12H,9-11H2,1-4H3. The normalized spacial score (nSPS) is 15.3. The van der Waals surface area contributed by atoms with E-state index in [-0.39, 0.29) is 6.09 Å². The molecule has 0 spiro atoms. The van der Waals surface area contributed by atoms with Crippen LogP contribution in [0.5, 0.6) is 11.5 Å². The van der Waals surface area contributed by atoms with E-state index in [1.165, 1.54) is 0 Å². The second-order valence-electron chi connectivity index (χ2n) is 6.24. The summed E-state index contributed by atoms with van der Waals surface area (Å²) < 4.78 is 16.2. The van der Waals surface area contributed by atoms with Crippen LogP contribution in [0.1, 0.15) is 20.8 Å². The topological polar surface area (TPSA) is 48.0 Å². The third kappa shape index (κ3) is 4.55. The predicted molar refractivity (Wildman–Crippen MR) is 79.8 cm³/mol. The molecule has 0 N–H and O–H groups in total. The highest BCUT2D eigenvalue weighted by molar-refractivity contribution is 5.69. The van der Waals surface area contributed by atoms with Gasteiger partial charge in [-0.2, -0.15) is 0 Å². The number of nitrogens with zero attached hydrogens (tertiary/aromatic N) is 1. The van der Waals surface area contributed by atoms with Crippen molar-refractivity contribution in [3.63, 3.8) is 0 Å². The Labute approximate surface area is 125 Å². The van der Waals surface area contributed by atoms with Gasteiger partial charge in [0.1, 0.15) is 17.1 Å². The van der Waals surface area contributed by atoms with E-state index in [4.69, 9.17) is 14.2 Å². The van der Waals surface area contributed by atoms with Crippen molar-refractivity contribution >= 4 is 6.09 Å². The second-order valence-corrected chi connectivity index (χ2v) is 6.24. The van der Waals surface area contributed by atoms with E-state index in [1.54, 1.807) is 12.0 Å². The van der Waals surface area contributed by atoms with Gasteiger partial charge in [0.05, 0.1) is 13.7 Å². The molecule has 0 aliphatic carbocycles. The van der Waals surface area contributed by atoms with Crippen LogP contribution >= 0.6 is 0 Å². The number of rotatable bonds is 4. The lowest BCUT2D eigenvalue weighted by molar-refractivity contribution is -0.00781. The zero-order valence-electron chi connectivity index (χ0n) is 13.1. The molecule has 0 unspecified atom stereocenters. The zero-order chi connectivity index (χ0) is 15.5. The molecule has 1 aliphatic heterocycles. The second kappa shape index (κ2) is 6.24. The minimum absolute atomic E-state index is 0.250. The fourth-order valence-corrected chi connectivity index (χ4v) is 2.06. The number of hydrogen-bond acceptors (Lipinski definition) is 4. The van der Waals surface area contributed by atoms with E-state index < -0.39 is 5.60 Å². The summed E-state index contributed by atoms with van der Waals surface area (Å²) in [5.74, 6) is 1.91. The highest BCUT2D eigenvalue weighted by atomic mass is 16.6. The van der Waals surface area contributed by atoms with E-state index in [9.17, 15) is 4.79 Å². The van der Waals surface area contributed by atoms with Gasteiger partial charge in [-0.05, 0) is 32.9 Å². The number of ether oxygens (including phenoxy) is 3. The first-order valence-corrected chi connectivity index (χ1v) is 7.12. The average molecular weight is 293 g/mol. The third-order valence-corrected chi connectivity index (χ3v) is 3.14. The largest absolute Gasteiger partial charge is 0.497 e. The summed E-state index contributed by atoms with van der Waals surface area (Å²) in [7, 11) is 1.63. The lowest BCUT2D eigenvalue weighted by atomic mass is 10.0. The molecule has 21 heavy (non-hydrogen) atoms. The van der Waals surface area contributed by atoms with E-state index in [2.05, 4.69) is 0 Å². The summed E-state index contributed by atoms with van der Waals surface area (Å²) in [6.45, 7) is 7.56. The smallest absolute Gasteiger partial charge is 0.410 e. The molecule has 1 heterocycles. The molecule has 1 fully saturated rings.